The van der Waals surface area contributed by atoms with Gasteiger partial charge in [0.25, 0.3) is 0 Å². The smallest absolute Gasteiger partial charge is 0.192 e. The van der Waals surface area contributed by atoms with Crippen LogP contribution in [0.3, 0.4) is 0 Å². The maximum Gasteiger partial charge on any atom is 0.192 e. The fraction of sp³-hybridized carbons (Fsp3) is 0.188. The number of Topliss-reactive ketones (excluding diaryl/α,β-unsaturated/α-hetero) is 1. The molecular formula is C16H15ClO3. The number of hydrogen-bond acceptors (Lipinski definition) is 3. The third kappa shape index (κ3) is 3.59. The van der Waals surface area contributed by atoms with Crippen molar-refractivity contribution >= 4 is 17.4 Å². The Morgan fingerprint density at radius 1 is 1.10 bits per heavy atom. The minimum atomic E-state index is -0.109. The van der Waals surface area contributed by atoms with Gasteiger partial charge in [-0.25, -0.2) is 0 Å². The van der Waals surface area contributed by atoms with Gasteiger partial charge in [-0.3, -0.25) is 4.79 Å². The summed E-state index contributed by atoms with van der Waals surface area (Å²) in [6.07, 6.45) is 0. The fourth-order valence-electron chi connectivity index (χ4n) is 1.80. The van der Waals surface area contributed by atoms with Gasteiger partial charge in [0.15, 0.2) is 5.78 Å². The summed E-state index contributed by atoms with van der Waals surface area (Å²) in [5.74, 6) is 0.428. The first-order chi connectivity index (χ1) is 9.72. The molecule has 0 saturated carbocycles. The molecule has 0 aromatic heterocycles. The largest absolute Gasteiger partial charge is 0.488 e. The standard InChI is InChI=1S/C16H15ClO3/c1-19-11-15(18)13-7-3-5-9-16(13)20-10-12-6-2-4-8-14(12)17/h2-9H,10-11H2,1H3. The average molecular weight is 291 g/mol. The highest BCUT2D eigenvalue weighted by Gasteiger charge is 2.12. The number of rotatable bonds is 6. The summed E-state index contributed by atoms with van der Waals surface area (Å²) in [5, 5.41) is 0.646. The van der Waals surface area contributed by atoms with E-state index >= 15 is 0 Å². The first-order valence-electron chi connectivity index (χ1n) is 6.19. The van der Waals surface area contributed by atoms with Crippen molar-refractivity contribution in [3.63, 3.8) is 0 Å². The molecule has 3 nitrogen and oxygen atoms in total. The maximum atomic E-state index is 11.9. The molecule has 4 heteroatoms. The minimum absolute atomic E-state index is 0.0342. The lowest BCUT2D eigenvalue weighted by Crippen LogP contribution is -2.09. The van der Waals surface area contributed by atoms with Crippen LogP contribution in [0.5, 0.6) is 5.75 Å². The van der Waals surface area contributed by atoms with Crippen LogP contribution in [0.4, 0.5) is 0 Å². The van der Waals surface area contributed by atoms with E-state index < -0.39 is 0 Å². The Kier molecular flexibility index (Phi) is 5.16. The summed E-state index contributed by atoms with van der Waals surface area (Å²) >= 11 is 6.08. The molecule has 0 spiro atoms. The van der Waals surface area contributed by atoms with Crippen molar-refractivity contribution in [2.45, 2.75) is 6.61 Å². The lowest BCUT2D eigenvalue weighted by atomic mass is 10.1. The zero-order chi connectivity index (χ0) is 14.4. The van der Waals surface area contributed by atoms with Crippen molar-refractivity contribution in [1.29, 1.82) is 0 Å². The molecule has 0 unspecified atom stereocenters. The molecule has 0 saturated heterocycles. The van der Waals surface area contributed by atoms with Gasteiger partial charge in [0.2, 0.25) is 0 Å². The Balaban J connectivity index is 2.14. The number of methoxy groups -OCH3 is 1. The van der Waals surface area contributed by atoms with Crippen molar-refractivity contribution in [3.8, 4) is 5.75 Å². The topological polar surface area (TPSA) is 35.5 Å². The molecule has 2 rings (SSSR count). The number of ether oxygens (including phenoxy) is 2. The molecule has 0 atom stereocenters. The lowest BCUT2D eigenvalue weighted by Gasteiger charge is -2.11. The molecule has 2 aromatic rings. The number of halogens is 1. The Bertz CT molecular complexity index is 596. The number of ketones is 1. The number of para-hydroxylation sites is 1. The molecule has 0 aliphatic rings. The SMILES string of the molecule is COCC(=O)c1ccccc1OCc1ccccc1Cl. The van der Waals surface area contributed by atoms with E-state index in [-0.39, 0.29) is 12.4 Å². The number of carbonyl (C=O) groups excluding carboxylic acids is 1. The van der Waals surface area contributed by atoms with Gasteiger partial charge in [-0.2, -0.15) is 0 Å². The van der Waals surface area contributed by atoms with Crippen molar-refractivity contribution < 1.29 is 14.3 Å². The molecule has 0 fully saturated rings. The summed E-state index contributed by atoms with van der Waals surface area (Å²) in [5.41, 5.74) is 1.39. The van der Waals surface area contributed by atoms with Crippen molar-refractivity contribution in [1.82, 2.24) is 0 Å². The predicted octanol–water partition coefficient (Wildman–Crippen LogP) is 3.75. The molecule has 0 aliphatic carbocycles. The molecule has 20 heavy (non-hydrogen) atoms. The van der Waals surface area contributed by atoms with E-state index in [0.29, 0.717) is 22.9 Å². The van der Waals surface area contributed by atoms with Crippen LogP contribution < -0.4 is 4.74 Å². The molecule has 0 heterocycles. The third-order valence-electron chi connectivity index (χ3n) is 2.80. The van der Waals surface area contributed by atoms with Crippen LogP contribution >= 0.6 is 11.6 Å². The molecule has 2 aromatic carbocycles. The van der Waals surface area contributed by atoms with E-state index in [2.05, 4.69) is 0 Å². The average Bonchev–Trinajstić information content (AvgIpc) is 2.47. The second-order valence-corrected chi connectivity index (χ2v) is 4.64. The highest BCUT2D eigenvalue weighted by molar-refractivity contribution is 6.31. The second-order valence-electron chi connectivity index (χ2n) is 4.23. The lowest BCUT2D eigenvalue weighted by molar-refractivity contribution is 0.0843. The number of hydrogen-bond donors (Lipinski definition) is 0. The van der Waals surface area contributed by atoms with Gasteiger partial charge in [0, 0.05) is 17.7 Å². The Labute approximate surface area is 123 Å². The molecule has 0 aliphatic heterocycles. The fourth-order valence-corrected chi connectivity index (χ4v) is 1.99. The Morgan fingerprint density at radius 3 is 2.55 bits per heavy atom. The first kappa shape index (κ1) is 14.6. The van der Waals surface area contributed by atoms with Gasteiger partial charge in [-0.05, 0) is 18.2 Å². The molecule has 0 radical (unpaired) electrons. The van der Waals surface area contributed by atoms with Crippen LogP contribution in [0.2, 0.25) is 5.02 Å². The van der Waals surface area contributed by atoms with E-state index in [1.54, 1.807) is 18.2 Å². The predicted molar refractivity (Wildman–Crippen MR) is 78.4 cm³/mol. The molecule has 0 bridgehead atoms. The molecular weight excluding hydrogens is 276 g/mol. The van der Waals surface area contributed by atoms with E-state index in [1.807, 2.05) is 30.3 Å². The molecule has 0 amide bonds. The normalized spacial score (nSPS) is 10.3. The first-order valence-corrected chi connectivity index (χ1v) is 6.57. The van der Waals surface area contributed by atoms with Crippen LogP contribution in [-0.2, 0) is 11.3 Å². The highest BCUT2D eigenvalue weighted by Crippen LogP contribution is 2.22. The summed E-state index contributed by atoms with van der Waals surface area (Å²) in [7, 11) is 1.49. The van der Waals surface area contributed by atoms with Gasteiger partial charge in [-0.1, -0.05) is 41.9 Å². The zero-order valence-electron chi connectivity index (χ0n) is 11.1. The summed E-state index contributed by atoms with van der Waals surface area (Å²) in [4.78, 5) is 11.9. The third-order valence-corrected chi connectivity index (χ3v) is 3.17. The number of carbonyl (C=O) groups is 1. The monoisotopic (exact) mass is 290 g/mol. The Hall–Kier alpha value is -1.84. The van der Waals surface area contributed by atoms with E-state index in [1.165, 1.54) is 7.11 Å². The van der Waals surface area contributed by atoms with Gasteiger partial charge < -0.3 is 9.47 Å². The van der Waals surface area contributed by atoms with Crippen LogP contribution in [0.15, 0.2) is 48.5 Å². The van der Waals surface area contributed by atoms with Crippen molar-refractivity contribution in [2.75, 3.05) is 13.7 Å². The van der Waals surface area contributed by atoms with Crippen LogP contribution in [0, 0.1) is 0 Å². The van der Waals surface area contributed by atoms with Gasteiger partial charge >= 0.3 is 0 Å². The number of benzene rings is 2. The van der Waals surface area contributed by atoms with Crippen molar-refractivity contribution in [3.05, 3.63) is 64.7 Å². The summed E-state index contributed by atoms with van der Waals surface area (Å²) in [6, 6.07) is 14.6. The summed E-state index contributed by atoms with van der Waals surface area (Å²) in [6.45, 7) is 0.351. The van der Waals surface area contributed by atoms with Crippen LogP contribution in [-0.4, -0.2) is 19.5 Å². The quantitative estimate of drug-likeness (QED) is 0.760. The van der Waals surface area contributed by atoms with E-state index in [9.17, 15) is 4.79 Å². The van der Waals surface area contributed by atoms with E-state index in [0.717, 1.165) is 5.56 Å². The Morgan fingerprint density at radius 2 is 1.80 bits per heavy atom. The van der Waals surface area contributed by atoms with Crippen LogP contribution in [0.25, 0.3) is 0 Å². The van der Waals surface area contributed by atoms with Gasteiger partial charge in [-0.15, -0.1) is 0 Å². The maximum absolute atomic E-state index is 11.9. The van der Waals surface area contributed by atoms with Gasteiger partial charge in [0.1, 0.15) is 19.0 Å². The minimum Gasteiger partial charge on any atom is -0.488 e. The molecule has 0 N–H and O–H groups in total. The van der Waals surface area contributed by atoms with Gasteiger partial charge in [0.05, 0.1) is 5.56 Å². The summed E-state index contributed by atoms with van der Waals surface area (Å²) < 4.78 is 10.6. The van der Waals surface area contributed by atoms with E-state index in [4.69, 9.17) is 21.1 Å². The van der Waals surface area contributed by atoms with Crippen molar-refractivity contribution in [2.24, 2.45) is 0 Å². The highest BCUT2D eigenvalue weighted by atomic mass is 35.5. The molecule has 104 valence electrons. The second kappa shape index (κ2) is 7.08. The van der Waals surface area contributed by atoms with Crippen LogP contribution in [0.1, 0.15) is 15.9 Å². The zero-order valence-corrected chi connectivity index (χ0v) is 11.9.